The average molecular weight is 284 g/mol. The van der Waals surface area contributed by atoms with E-state index in [1.54, 1.807) is 12.1 Å². The fraction of sp³-hybridized carbons (Fsp3) is 0.583. The Morgan fingerprint density at radius 1 is 1.42 bits per heavy atom. The molecular formula is C12H20N4O2S. The number of pyridine rings is 1. The summed E-state index contributed by atoms with van der Waals surface area (Å²) in [5.41, 5.74) is -0.0189. The molecule has 7 heteroatoms. The summed E-state index contributed by atoms with van der Waals surface area (Å²) in [6.45, 7) is 3.99. The van der Waals surface area contributed by atoms with Crippen molar-refractivity contribution in [3.05, 3.63) is 18.3 Å². The minimum atomic E-state index is -3.41. The van der Waals surface area contributed by atoms with Gasteiger partial charge in [0.1, 0.15) is 10.7 Å². The van der Waals surface area contributed by atoms with E-state index in [1.165, 1.54) is 24.6 Å². The second-order valence-electron chi connectivity index (χ2n) is 5.28. The highest BCUT2D eigenvalue weighted by atomic mass is 32.2. The van der Waals surface area contributed by atoms with Gasteiger partial charge < -0.3 is 10.6 Å². The van der Waals surface area contributed by atoms with E-state index in [-0.39, 0.29) is 10.4 Å². The third kappa shape index (κ3) is 3.05. The lowest BCUT2D eigenvalue weighted by Crippen LogP contribution is -2.37. The third-order valence-electron chi connectivity index (χ3n) is 3.31. The topological polar surface area (TPSA) is 74.3 Å². The Morgan fingerprint density at radius 2 is 2.16 bits per heavy atom. The molecule has 0 amide bonds. The minimum absolute atomic E-state index is 0.0189. The smallest absolute Gasteiger partial charge is 0.244 e. The van der Waals surface area contributed by atoms with Crippen LogP contribution in [0.25, 0.3) is 0 Å². The van der Waals surface area contributed by atoms with Crippen molar-refractivity contribution in [3.63, 3.8) is 0 Å². The van der Waals surface area contributed by atoms with Crippen molar-refractivity contribution in [2.24, 2.45) is 0 Å². The fourth-order valence-corrected chi connectivity index (χ4v) is 2.90. The summed E-state index contributed by atoms with van der Waals surface area (Å²) in [4.78, 5) is 4.40. The van der Waals surface area contributed by atoms with E-state index < -0.39 is 10.0 Å². The summed E-state index contributed by atoms with van der Waals surface area (Å²) in [6, 6.07) is 3.29. The minimum Gasteiger partial charge on any atom is -0.364 e. The number of hydrogen-bond donors (Lipinski definition) is 2. The van der Waals surface area contributed by atoms with Crippen LogP contribution < -0.4 is 10.6 Å². The normalized spacial score (nSPS) is 23.8. The van der Waals surface area contributed by atoms with Gasteiger partial charge in [-0.15, -0.1) is 0 Å². The van der Waals surface area contributed by atoms with Gasteiger partial charge in [-0.2, -0.15) is 0 Å². The van der Waals surface area contributed by atoms with E-state index in [0.717, 1.165) is 19.5 Å². The van der Waals surface area contributed by atoms with Gasteiger partial charge in [0.15, 0.2) is 0 Å². The van der Waals surface area contributed by atoms with Crippen LogP contribution in [-0.4, -0.2) is 50.4 Å². The third-order valence-corrected chi connectivity index (χ3v) is 5.11. The highest BCUT2D eigenvalue weighted by Crippen LogP contribution is 2.21. The molecule has 0 spiro atoms. The Hall–Kier alpha value is -1.18. The van der Waals surface area contributed by atoms with Crippen molar-refractivity contribution < 1.29 is 8.42 Å². The zero-order valence-corrected chi connectivity index (χ0v) is 12.3. The molecule has 1 atom stereocenters. The van der Waals surface area contributed by atoms with Crippen molar-refractivity contribution in [2.45, 2.75) is 23.8 Å². The number of aromatic nitrogens is 1. The van der Waals surface area contributed by atoms with Crippen LogP contribution in [0.3, 0.4) is 0 Å². The summed E-state index contributed by atoms with van der Waals surface area (Å²) in [5.74, 6) is 0.698. The Morgan fingerprint density at radius 3 is 2.63 bits per heavy atom. The molecule has 0 saturated carbocycles. The van der Waals surface area contributed by atoms with E-state index in [4.69, 9.17) is 0 Å². The predicted octanol–water partition coefficient (Wildman–Crippen LogP) is 0.496. The first-order chi connectivity index (χ1) is 8.83. The number of rotatable bonds is 4. The molecule has 1 aliphatic rings. The zero-order chi connectivity index (χ0) is 14.1. The van der Waals surface area contributed by atoms with Gasteiger partial charge in [-0.3, -0.25) is 0 Å². The molecule has 6 nitrogen and oxygen atoms in total. The van der Waals surface area contributed by atoms with Gasteiger partial charge >= 0.3 is 0 Å². The molecule has 0 aliphatic carbocycles. The summed E-state index contributed by atoms with van der Waals surface area (Å²) < 4.78 is 25.0. The van der Waals surface area contributed by atoms with Crippen LogP contribution in [0.4, 0.5) is 5.82 Å². The van der Waals surface area contributed by atoms with Gasteiger partial charge in [0.05, 0.1) is 0 Å². The molecule has 1 aromatic rings. The fourth-order valence-electron chi connectivity index (χ4n) is 2.05. The summed E-state index contributed by atoms with van der Waals surface area (Å²) in [6.07, 6.45) is 2.41. The molecule has 2 heterocycles. The summed E-state index contributed by atoms with van der Waals surface area (Å²) in [5, 5.41) is 6.63. The predicted molar refractivity (Wildman–Crippen MR) is 74.6 cm³/mol. The molecule has 106 valence electrons. The van der Waals surface area contributed by atoms with E-state index in [2.05, 4.69) is 22.5 Å². The monoisotopic (exact) mass is 284 g/mol. The number of nitrogens with zero attached hydrogens (tertiary/aromatic N) is 2. The van der Waals surface area contributed by atoms with E-state index in [1.807, 2.05) is 0 Å². The molecule has 0 radical (unpaired) electrons. The molecule has 1 saturated heterocycles. The number of nitrogens with one attached hydrogen (secondary N) is 2. The molecule has 0 bridgehead atoms. The largest absolute Gasteiger partial charge is 0.364 e. The molecule has 19 heavy (non-hydrogen) atoms. The van der Waals surface area contributed by atoms with Crippen LogP contribution in [0.1, 0.15) is 13.3 Å². The van der Waals surface area contributed by atoms with Crippen LogP contribution in [0.15, 0.2) is 23.2 Å². The molecule has 1 fully saturated rings. The molecule has 2 rings (SSSR count). The Kier molecular flexibility index (Phi) is 3.80. The van der Waals surface area contributed by atoms with Crippen LogP contribution in [0.5, 0.6) is 0 Å². The van der Waals surface area contributed by atoms with E-state index in [0.29, 0.717) is 5.82 Å². The van der Waals surface area contributed by atoms with Crippen LogP contribution in [-0.2, 0) is 10.0 Å². The molecule has 1 unspecified atom stereocenters. The van der Waals surface area contributed by atoms with Crippen molar-refractivity contribution in [3.8, 4) is 0 Å². The van der Waals surface area contributed by atoms with Crippen LogP contribution in [0.2, 0.25) is 0 Å². The number of anilines is 1. The van der Waals surface area contributed by atoms with Crippen molar-refractivity contribution in [1.29, 1.82) is 0 Å². The van der Waals surface area contributed by atoms with Gasteiger partial charge in [0, 0.05) is 32.4 Å². The highest BCUT2D eigenvalue weighted by molar-refractivity contribution is 7.89. The van der Waals surface area contributed by atoms with Gasteiger partial charge in [-0.25, -0.2) is 17.7 Å². The lowest BCUT2D eigenvalue weighted by molar-refractivity contribution is 0.520. The Bertz CT molecular complexity index is 533. The average Bonchev–Trinajstić information content (AvgIpc) is 2.76. The van der Waals surface area contributed by atoms with Crippen molar-refractivity contribution in [2.75, 3.05) is 32.5 Å². The van der Waals surface area contributed by atoms with Crippen LogP contribution >= 0.6 is 0 Å². The SMILES string of the molecule is CN(C)S(=O)(=O)c1ccc(NC2(C)CCNC2)nc1. The van der Waals surface area contributed by atoms with E-state index in [9.17, 15) is 8.42 Å². The van der Waals surface area contributed by atoms with Gasteiger partial charge in [0.25, 0.3) is 0 Å². The lowest BCUT2D eigenvalue weighted by atomic mass is 10.0. The number of sulfonamides is 1. The maximum Gasteiger partial charge on any atom is 0.244 e. The second-order valence-corrected chi connectivity index (χ2v) is 7.43. The van der Waals surface area contributed by atoms with Gasteiger partial charge in [-0.1, -0.05) is 0 Å². The maximum atomic E-state index is 11.9. The van der Waals surface area contributed by atoms with Gasteiger partial charge in [-0.05, 0) is 32.0 Å². The second kappa shape index (κ2) is 5.07. The summed E-state index contributed by atoms with van der Waals surface area (Å²) >= 11 is 0. The number of hydrogen-bond acceptors (Lipinski definition) is 5. The zero-order valence-electron chi connectivity index (χ0n) is 11.5. The first kappa shape index (κ1) is 14.2. The van der Waals surface area contributed by atoms with Gasteiger partial charge in [0.2, 0.25) is 10.0 Å². The van der Waals surface area contributed by atoms with Crippen molar-refractivity contribution in [1.82, 2.24) is 14.6 Å². The highest BCUT2D eigenvalue weighted by Gasteiger charge is 2.28. The van der Waals surface area contributed by atoms with Crippen molar-refractivity contribution >= 4 is 15.8 Å². The molecular weight excluding hydrogens is 264 g/mol. The first-order valence-corrected chi connectivity index (χ1v) is 7.65. The van der Waals surface area contributed by atoms with Crippen LogP contribution in [0, 0.1) is 0 Å². The standard InChI is InChI=1S/C12H20N4O2S/c1-12(6-7-13-9-12)15-11-5-4-10(8-14-11)19(17,18)16(2)3/h4-5,8,13H,6-7,9H2,1-3H3,(H,14,15). The summed E-state index contributed by atoms with van der Waals surface area (Å²) in [7, 11) is -0.392. The maximum absolute atomic E-state index is 11.9. The molecule has 1 aliphatic heterocycles. The molecule has 0 aromatic carbocycles. The first-order valence-electron chi connectivity index (χ1n) is 6.21. The van der Waals surface area contributed by atoms with E-state index >= 15 is 0 Å². The Labute approximate surface area is 114 Å². The quantitative estimate of drug-likeness (QED) is 0.842. The molecule has 2 N–H and O–H groups in total. The Balaban J connectivity index is 2.15. The lowest BCUT2D eigenvalue weighted by Gasteiger charge is -2.25. The molecule has 1 aromatic heterocycles.